The first-order chi connectivity index (χ1) is 9.79. The molecule has 0 aromatic carbocycles. The summed E-state index contributed by atoms with van der Waals surface area (Å²) in [6.45, 7) is 8.23. The summed E-state index contributed by atoms with van der Waals surface area (Å²) in [5.74, 6) is 0.803. The molecule has 2 aliphatic carbocycles. The Morgan fingerprint density at radius 3 is 2.81 bits per heavy atom. The lowest BCUT2D eigenvalue weighted by Crippen LogP contribution is -2.52. The average molecular weight is 294 g/mol. The maximum absolute atomic E-state index is 12.2. The Morgan fingerprint density at radius 1 is 1.52 bits per heavy atom. The monoisotopic (exact) mass is 294 g/mol. The molecule has 2 aliphatic rings. The van der Waals surface area contributed by atoms with E-state index in [0.29, 0.717) is 24.8 Å². The predicted molar refractivity (Wildman–Crippen MR) is 81.3 cm³/mol. The van der Waals surface area contributed by atoms with Crippen molar-refractivity contribution in [3.8, 4) is 0 Å². The quantitative estimate of drug-likeness (QED) is 0.353. The van der Waals surface area contributed by atoms with Crippen LogP contribution in [0.2, 0.25) is 0 Å². The summed E-state index contributed by atoms with van der Waals surface area (Å²) in [7, 11) is 0. The fraction of sp³-hybridized carbons (Fsp3) is 0.812. The SMILES string of the molecule is CCC1=CC2C(C1)CC2(CNN=O)CC(=O)OC(C)(C)C. The van der Waals surface area contributed by atoms with Crippen molar-refractivity contribution in [3.63, 3.8) is 0 Å². The highest BCUT2D eigenvalue weighted by molar-refractivity contribution is 5.71. The highest BCUT2D eigenvalue weighted by Gasteiger charge is 2.55. The van der Waals surface area contributed by atoms with Gasteiger partial charge in [0.05, 0.1) is 6.42 Å². The Kier molecular flexibility index (Phi) is 4.40. The van der Waals surface area contributed by atoms with Crippen molar-refractivity contribution < 1.29 is 9.53 Å². The van der Waals surface area contributed by atoms with Crippen LogP contribution >= 0.6 is 0 Å². The molecule has 5 heteroatoms. The summed E-state index contributed by atoms with van der Waals surface area (Å²) >= 11 is 0. The predicted octanol–water partition coefficient (Wildman–Crippen LogP) is 3.35. The van der Waals surface area contributed by atoms with Gasteiger partial charge in [-0.1, -0.05) is 18.6 Å². The first kappa shape index (κ1) is 16.0. The average Bonchev–Trinajstić information content (AvgIpc) is 2.70. The van der Waals surface area contributed by atoms with Gasteiger partial charge in [-0.05, 0) is 51.9 Å². The molecule has 21 heavy (non-hydrogen) atoms. The molecule has 3 unspecified atom stereocenters. The van der Waals surface area contributed by atoms with Crippen LogP contribution in [0, 0.1) is 22.2 Å². The number of ether oxygens (including phenoxy) is 1. The number of nitrogens with zero attached hydrogens (tertiary/aromatic N) is 1. The third-order valence-electron chi connectivity index (χ3n) is 4.69. The molecular formula is C16H26N2O3. The van der Waals surface area contributed by atoms with E-state index in [1.807, 2.05) is 20.8 Å². The molecule has 0 aromatic heterocycles. The van der Waals surface area contributed by atoms with Gasteiger partial charge in [0.25, 0.3) is 0 Å². The lowest BCUT2D eigenvalue weighted by atomic mass is 9.53. The number of nitrogens with one attached hydrogen (secondary N) is 1. The zero-order valence-electron chi connectivity index (χ0n) is 13.4. The van der Waals surface area contributed by atoms with Gasteiger partial charge in [0.2, 0.25) is 0 Å². The minimum absolute atomic E-state index is 0.188. The molecule has 0 amide bonds. The van der Waals surface area contributed by atoms with Gasteiger partial charge in [-0.25, -0.2) is 0 Å². The second-order valence-corrected chi connectivity index (χ2v) is 7.42. The molecule has 1 N–H and O–H groups in total. The maximum atomic E-state index is 12.2. The lowest BCUT2D eigenvalue weighted by molar-refractivity contribution is -0.162. The summed E-state index contributed by atoms with van der Waals surface area (Å²) in [6, 6.07) is 0. The first-order valence-corrected chi connectivity index (χ1v) is 7.76. The number of carbonyl (C=O) groups is 1. The van der Waals surface area contributed by atoms with Crippen molar-refractivity contribution in [3.05, 3.63) is 16.6 Å². The van der Waals surface area contributed by atoms with E-state index < -0.39 is 5.60 Å². The number of nitroso groups, excluding NO2 is 1. The van der Waals surface area contributed by atoms with Gasteiger partial charge >= 0.3 is 5.97 Å². The molecular weight excluding hydrogens is 268 g/mol. The zero-order valence-corrected chi connectivity index (χ0v) is 13.4. The molecule has 0 bridgehead atoms. The van der Waals surface area contributed by atoms with E-state index in [1.165, 1.54) is 5.57 Å². The van der Waals surface area contributed by atoms with E-state index in [4.69, 9.17) is 4.74 Å². The van der Waals surface area contributed by atoms with Crippen molar-refractivity contribution in [2.75, 3.05) is 6.54 Å². The van der Waals surface area contributed by atoms with Crippen LogP contribution in [0.25, 0.3) is 0 Å². The topological polar surface area (TPSA) is 67.8 Å². The summed E-state index contributed by atoms with van der Waals surface area (Å²) in [5, 5.41) is 2.76. The Bertz CT molecular complexity index is 453. The van der Waals surface area contributed by atoms with Crippen LogP contribution < -0.4 is 5.43 Å². The van der Waals surface area contributed by atoms with Crippen LogP contribution in [0.3, 0.4) is 0 Å². The van der Waals surface area contributed by atoms with Gasteiger partial charge in [0, 0.05) is 17.2 Å². The van der Waals surface area contributed by atoms with E-state index in [1.54, 1.807) is 0 Å². The summed E-state index contributed by atoms with van der Waals surface area (Å²) < 4.78 is 5.45. The van der Waals surface area contributed by atoms with Gasteiger partial charge in [-0.3, -0.25) is 10.2 Å². The molecule has 0 aromatic rings. The number of carbonyl (C=O) groups excluding carboxylic acids is 1. The molecule has 0 radical (unpaired) electrons. The van der Waals surface area contributed by atoms with Crippen molar-refractivity contribution in [1.29, 1.82) is 0 Å². The van der Waals surface area contributed by atoms with E-state index in [0.717, 1.165) is 19.3 Å². The van der Waals surface area contributed by atoms with Crippen LogP contribution in [0.15, 0.2) is 16.9 Å². The smallest absolute Gasteiger partial charge is 0.306 e. The molecule has 3 atom stereocenters. The van der Waals surface area contributed by atoms with Crippen molar-refractivity contribution in [1.82, 2.24) is 5.43 Å². The van der Waals surface area contributed by atoms with Gasteiger partial charge in [0.15, 0.2) is 0 Å². The second kappa shape index (κ2) is 5.78. The Labute approximate surface area is 126 Å². The van der Waals surface area contributed by atoms with E-state index in [2.05, 4.69) is 23.7 Å². The molecule has 1 fully saturated rings. The first-order valence-electron chi connectivity index (χ1n) is 7.76. The van der Waals surface area contributed by atoms with Crippen molar-refractivity contribution in [2.45, 2.75) is 59.0 Å². The largest absolute Gasteiger partial charge is 0.460 e. The maximum Gasteiger partial charge on any atom is 0.306 e. The van der Waals surface area contributed by atoms with Crippen LogP contribution in [-0.2, 0) is 9.53 Å². The van der Waals surface area contributed by atoms with Crippen LogP contribution in [0.4, 0.5) is 0 Å². The number of hydrogen-bond acceptors (Lipinski definition) is 4. The van der Waals surface area contributed by atoms with Crippen LogP contribution in [-0.4, -0.2) is 18.1 Å². The van der Waals surface area contributed by atoms with Crippen LogP contribution in [0.1, 0.15) is 53.4 Å². The van der Waals surface area contributed by atoms with Gasteiger partial charge < -0.3 is 4.74 Å². The molecule has 0 heterocycles. The minimum atomic E-state index is -0.474. The van der Waals surface area contributed by atoms with Gasteiger partial charge in [-0.2, -0.15) is 0 Å². The molecule has 0 aliphatic heterocycles. The summed E-state index contributed by atoms with van der Waals surface area (Å²) in [4.78, 5) is 22.6. The van der Waals surface area contributed by atoms with Crippen molar-refractivity contribution >= 4 is 5.97 Å². The Balaban J connectivity index is 2.07. The summed E-state index contributed by atoms with van der Waals surface area (Å²) in [5.41, 5.74) is 3.32. The molecule has 0 saturated heterocycles. The number of rotatable bonds is 6. The van der Waals surface area contributed by atoms with E-state index >= 15 is 0 Å². The Hall–Kier alpha value is -1.39. The fourth-order valence-electron chi connectivity index (χ4n) is 3.85. The molecule has 1 saturated carbocycles. The number of esters is 1. The second-order valence-electron chi connectivity index (χ2n) is 7.42. The van der Waals surface area contributed by atoms with Gasteiger partial charge in [-0.15, -0.1) is 4.91 Å². The van der Waals surface area contributed by atoms with Crippen molar-refractivity contribution in [2.24, 2.45) is 22.5 Å². The van der Waals surface area contributed by atoms with E-state index in [9.17, 15) is 9.70 Å². The molecule has 0 spiro atoms. The number of fused-ring (bicyclic) bond motifs is 1. The van der Waals surface area contributed by atoms with E-state index in [-0.39, 0.29) is 11.4 Å². The lowest BCUT2D eigenvalue weighted by Gasteiger charge is -2.51. The molecule has 118 valence electrons. The van der Waals surface area contributed by atoms with Crippen LogP contribution in [0.5, 0.6) is 0 Å². The summed E-state index contributed by atoms with van der Waals surface area (Å²) in [6.07, 6.45) is 5.81. The third kappa shape index (κ3) is 3.44. The zero-order chi connectivity index (χ0) is 15.7. The molecule has 5 nitrogen and oxygen atoms in total. The normalized spacial score (nSPS) is 31.0. The standard InChI is InChI=1S/C16H26N2O3/c1-5-11-6-12-8-16(10-17-18-20,13(12)7-11)9-14(19)21-15(2,3)4/h7,12-13H,5-6,8-10H2,1-4H3,(H,17,20). The highest BCUT2D eigenvalue weighted by atomic mass is 16.6. The Morgan fingerprint density at radius 2 is 2.24 bits per heavy atom. The number of allylic oxidation sites excluding steroid dienone is 2. The molecule has 2 rings (SSSR count). The minimum Gasteiger partial charge on any atom is -0.460 e. The third-order valence-corrected chi connectivity index (χ3v) is 4.69. The van der Waals surface area contributed by atoms with Gasteiger partial charge in [0.1, 0.15) is 5.60 Å². The highest BCUT2D eigenvalue weighted by Crippen LogP contribution is 2.60. The fourth-order valence-corrected chi connectivity index (χ4v) is 3.85. The number of hydrogen-bond donors (Lipinski definition) is 1.